The van der Waals surface area contributed by atoms with Crippen LogP contribution in [0.5, 0.6) is 11.6 Å². The predicted molar refractivity (Wildman–Crippen MR) is 101 cm³/mol. The average molecular weight is 371 g/mol. The number of methoxy groups -OCH3 is 1. The van der Waals surface area contributed by atoms with Gasteiger partial charge < -0.3 is 25.2 Å². The van der Waals surface area contributed by atoms with Gasteiger partial charge in [-0.1, -0.05) is 6.07 Å². The average Bonchev–Trinajstić information content (AvgIpc) is 2.71. The van der Waals surface area contributed by atoms with Crippen molar-refractivity contribution in [2.75, 3.05) is 20.3 Å². The molecule has 1 amide bonds. The number of amides is 1. The van der Waals surface area contributed by atoms with Crippen LogP contribution < -0.4 is 20.1 Å². The fourth-order valence-electron chi connectivity index (χ4n) is 3.17. The molecule has 0 spiro atoms. The Morgan fingerprint density at radius 1 is 1.41 bits per heavy atom. The lowest BCUT2D eigenvalue weighted by Gasteiger charge is -2.30. The molecule has 0 radical (unpaired) electrons. The van der Waals surface area contributed by atoms with Gasteiger partial charge in [0.25, 0.3) is 5.91 Å². The first-order valence-corrected chi connectivity index (χ1v) is 9.05. The lowest BCUT2D eigenvalue weighted by molar-refractivity contribution is 0.0865. The summed E-state index contributed by atoms with van der Waals surface area (Å²) >= 11 is 0. The maximum atomic E-state index is 12.4. The highest BCUT2D eigenvalue weighted by Gasteiger charge is 2.25. The van der Waals surface area contributed by atoms with Crippen molar-refractivity contribution in [2.45, 2.75) is 32.0 Å². The summed E-state index contributed by atoms with van der Waals surface area (Å²) in [6.07, 6.45) is 1.55. The van der Waals surface area contributed by atoms with Gasteiger partial charge in [-0.25, -0.2) is 4.98 Å². The monoisotopic (exact) mass is 371 g/mol. The number of fused-ring (bicyclic) bond motifs is 1. The third-order valence-corrected chi connectivity index (χ3v) is 4.64. The highest BCUT2D eigenvalue weighted by molar-refractivity contribution is 5.96. The minimum absolute atomic E-state index is 0.133. The van der Waals surface area contributed by atoms with Crippen molar-refractivity contribution in [3.8, 4) is 11.6 Å². The molecule has 3 rings (SSSR count). The van der Waals surface area contributed by atoms with Crippen LogP contribution in [0.2, 0.25) is 0 Å². The minimum atomic E-state index is -0.712. The third-order valence-electron chi connectivity index (χ3n) is 4.64. The first kappa shape index (κ1) is 19.1. The Balaban J connectivity index is 1.58. The number of aromatic nitrogens is 1. The van der Waals surface area contributed by atoms with Crippen LogP contribution in [0, 0.1) is 0 Å². The molecule has 2 atom stereocenters. The molecule has 7 nitrogen and oxygen atoms in total. The molecule has 0 unspecified atom stereocenters. The van der Waals surface area contributed by atoms with E-state index in [2.05, 4.69) is 15.6 Å². The Morgan fingerprint density at radius 3 is 3.04 bits per heavy atom. The Morgan fingerprint density at radius 2 is 2.26 bits per heavy atom. The summed E-state index contributed by atoms with van der Waals surface area (Å²) in [5, 5.41) is 16.6. The van der Waals surface area contributed by atoms with Gasteiger partial charge in [0.05, 0.1) is 19.8 Å². The van der Waals surface area contributed by atoms with Gasteiger partial charge in [-0.2, -0.15) is 0 Å². The summed E-state index contributed by atoms with van der Waals surface area (Å²) in [4.78, 5) is 16.5. The number of aliphatic hydroxyl groups is 1. The quantitative estimate of drug-likeness (QED) is 0.679. The Kier molecular flexibility index (Phi) is 6.26. The first-order valence-electron chi connectivity index (χ1n) is 9.05. The number of nitrogens with one attached hydrogen (secondary N) is 2. The summed E-state index contributed by atoms with van der Waals surface area (Å²) in [6, 6.07) is 9.16. The number of hydrogen-bond donors (Lipinski definition) is 3. The normalized spacial score (nSPS) is 16.9. The van der Waals surface area contributed by atoms with Crippen molar-refractivity contribution in [3.05, 3.63) is 53.2 Å². The van der Waals surface area contributed by atoms with E-state index in [1.165, 1.54) is 11.1 Å². The van der Waals surface area contributed by atoms with Crippen LogP contribution in [0.25, 0.3) is 0 Å². The molecule has 0 saturated heterocycles. The Hall–Kier alpha value is -2.64. The molecule has 0 bridgehead atoms. The van der Waals surface area contributed by atoms with Crippen molar-refractivity contribution in [1.29, 1.82) is 0 Å². The highest BCUT2D eigenvalue weighted by atomic mass is 16.5. The van der Waals surface area contributed by atoms with Crippen molar-refractivity contribution < 1.29 is 19.4 Å². The predicted octanol–water partition coefficient (Wildman–Crippen LogP) is 1.29. The maximum absolute atomic E-state index is 12.4. The van der Waals surface area contributed by atoms with E-state index in [1.807, 2.05) is 25.1 Å². The van der Waals surface area contributed by atoms with Gasteiger partial charge in [-0.3, -0.25) is 4.79 Å². The van der Waals surface area contributed by atoms with Crippen molar-refractivity contribution >= 4 is 5.91 Å². The van der Waals surface area contributed by atoms with Gasteiger partial charge in [0.1, 0.15) is 11.3 Å². The van der Waals surface area contributed by atoms with Gasteiger partial charge in [0, 0.05) is 25.3 Å². The summed E-state index contributed by atoms with van der Waals surface area (Å²) in [5.41, 5.74) is 2.70. The highest BCUT2D eigenvalue weighted by Crippen LogP contribution is 2.23. The van der Waals surface area contributed by atoms with Crippen LogP contribution in [-0.2, 0) is 13.0 Å². The van der Waals surface area contributed by atoms with Crippen LogP contribution in [0.15, 0.2) is 36.5 Å². The Bertz CT molecular complexity index is 797. The summed E-state index contributed by atoms with van der Waals surface area (Å²) in [5.74, 6) is 0.806. The number of aliphatic hydroxyl groups excluding tert-OH is 1. The molecule has 0 fully saturated rings. The van der Waals surface area contributed by atoms with Gasteiger partial charge >= 0.3 is 0 Å². The lowest BCUT2D eigenvalue weighted by Crippen LogP contribution is -2.49. The molecule has 7 heteroatoms. The number of rotatable bonds is 7. The minimum Gasteiger partial charge on any atom is -0.497 e. The second-order valence-electron chi connectivity index (χ2n) is 6.39. The molecule has 1 aromatic heterocycles. The maximum Gasteiger partial charge on any atom is 0.256 e. The SMILES string of the molecule is CCOc1ncccc1C(=O)NC[C@@H](O)[C@@H]1Cc2ccc(OC)cc2CN1. The van der Waals surface area contributed by atoms with Gasteiger partial charge in [0.15, 0.2) is 0 Å². The lowest BCUT2D eigenvalue weighted by atomic mass is 9.92. The number of benzene rings is 1. The van der Waals surface area contributed by atoms with Crippen LogP contribution in [0.4, 0.5) is 0 Å². The van der Waals surface area contributed by atoms with E-state index in [0.717, 1.165) is 5.75 Å². The van der Waals surface area contributed by atoms with Crippen LogP contribution in [-0.4, -0.2) is 48.4 Å². The summed E-state index contributed by atoms with van der Waals surface area (Å²) in [7, 11) is 1.65. The molecule has 1 aliphatic heterocycles. The van der Waals surface area contributed by atoms with Gasteiger partial charge in [0.2, 0.25) is 5.88 Å². The number of pyridine rings is 1. The molecular formula is C20H25N3O4. The molecule has 1 aliphatic rings. The van der Waals surface area contributed by atoms with E-state index in [-0.39, 0.29) is 18.5 Å². The van der Waals surface area contributed by atoms with Crippen molar-refractivity contribution in [2.24, 2.45) is 0 Å². The zero-order valence-electron chi connectivity index (χ0n) is 15.6. The molecule has 3 N–H and O–H groups in total. The fourth-order valence-corrected chi connectivity index (χ4v) is 3.17. The van der Waals surface area contributed by atoms with Gasteiger partial charge in [-0.05, 0) is 48.7 Å². The van der Waals surface area contributed by atoms with E-state index in [0.29, 0.717) is 31.0 Å². The second kappa shape index (κ2) is 8.83. The van der Waals surface area contributed by atoms with Crippen LogP contribution >= 0.6 is 0 Å². The van der Waals surface area contributed by atoms with E-state index < -0.39 is 6.10 Å². The molecule has 0 saturated carbocycles. The molecule has 2 aromatic rings. The zero-order valence-corrected chi connectivity index (χ0v) is 15.6. The zero-order chi connectivity index (χ0) is 19.2. The van der Waals surface area contributed by atoms with E-state index in [4.69, 9.17) is 9.47 Å². The number of ether oxygens (including phenoxy) is 2. The van der Waals surface area contributed by atoms with E-state index in [9.17, 15) is 9.90 Å². The molecular weight excluding hydrogens is 346 g/mol. The van der Waals surface area contributed by atoms with E-state index in [1.54, 1.807) is 25.4 Å². The molecule has 144 valence electrons. The molecule has 2 heterocycles. The number of carbonyl (C=O) groups is 1. The topological polar surface area (TPSA) is 92.7 Å². The van der Waals surface area contributed by atoms with Crippen LogP contribution in [0.1, 0.15) is 28.4 Å². The molecule has 1 aromatic carbocycles. The number of nitrogens with zero attached hydrogens (tertiary/aromatic N) is 1. The van der Waals surface area contributed by atoms with Crippen molar-refractivity contribution in [1.82, 2.24) is 15.6 Å². The fraction of sp³-hybridized carbons (Fsp3) is 0.400. The first-order chi connectivity index (χ1) is 13.1. The molecule has 0 aliphatic carbocycles. The second-order valence-corrected chi connectivity index (χ2v) is 6.39. The third kappa shape index (κ3) is 4.56. The number of hydrogen-bond acceptors (Lipinski definition) is 6. The Labute approximate surface area is 158 Å². The standard InChI is InChI=1S/C20H25N3O4/c1-3-27-20-16(5-4-8-21-20)19(25)23-12-18(24)17-10-13-6-7-15(26-2)9-14(13)11-22-17/h4-9,17-18,22,24H,3,10-12H2,1-2H3,(H,23,25)/t17-,18+/m0/s1. The molecule has 27 heavy (non-hydrogen) atoms. The largest absolute Gasteiger partial charge is 0.497 e. The number of carbonyl (C=O) groups excluding carboxylic acids is 1. The van der Waals surface area contributed by atoms with Gasteiger partial charge in [-0.15, -0.1) is 0 Å². The smallest absolute Gasteiger partial charge is 0.256 e. The van der Waals surface area contributed by atoms with Crippen LogP contribution in [0.3, 0.4) is 0 Å². The van der Waals surface area contributed by atoms with E-state index >= 15 is 0 Å². The summed E-state index contributed by atoms with van der Waals surface area (Å²) in [6.45, 7) is 3.06. The summed E-state index contributed by atoms with van der Waals surface area (Å²) < 4.78 is 10.6. The van der Waals surface area contributed by atoms with Crippen molar-refractivity contribution in [3.63, 3.8) is 0 Å².